The van der Waals surface area contributed by atoms with Gasteiger partial charge in [-0.05, 0) is 44.4 Å². The lowest BCUT2D eigenvalue weighted by Crippen LogP contribution is -2.11. The predicted octanol–water partition coefficient (Wildman–Crippen LogP) is 2.97. The van der Waals surface area contributed by atoms with Crippen LogP contribution in [0.15, 0.2) is 29.2 Å². The fraction of sp³-hybridized carbons (Fsp3) is 0.364. The van der Waals surface area contributed by atoms with E-state index in [2.05, 4.69) is 0 Å². The summed E-state index contributed by atoms with van der Waals surface area (Å²) in [5.41, 5.74) is 0.608. The first-order chi connectivity index (χ1) is 6.63. The van der Waals surface area contributed by atoms with Crippen molar-refractivity contribution in [1.82, 2.24) is 0 Å². The van der Waals surface area contributed by atoms with Crippen molar-refractivity contribution in [1.29, 1.82) is 0 Å². The Morgan fingerprint density at radius 3 is 2.29 bits per heavy atom. The Balaban J connectivity index is 2.71. The topological polar surface area (TPSA) is 26.3 Å². The van der Waals surface area contributed by atoms with Crippen LogP contribution in [0.25, 0.3) is 0 Å². The Hall–Kier alpha value is -0.960. The molecule has 0 aromatic heterocycles. The average Bonchev–Trinajstić information content (AvgIpc) is 2.17. The van der Waals surface area contributed by atoms with Crippen LogP contribution in [0.2, 0.25) is 0 Å². The maximum atomic E-state index is 11.4. The van der Waals surface area contributed by atoms with Gasteiger partial charge in [0.15, 0.2) is 0 Å². The molecule has 0 N–H and O–H groups in total. The van der Waals surface area contributed by atoms with Gasteiger partial charge in [-0.1, -0.05) is 0 Å². The fourth-order valence-electron chi connectivity index (χ4n) is 1.01. The number of ether oxygens (including phenoxy) is 1. The van der Waals surface area contributed by atoms with Crippen LogP contribution in [0.4, 0.5) is 0 Å². The zero-order valence-corrected chi connectivity index (χ0v) is 9.43. The van der Waals surface area contributed by atoms with Crippen molar-refractivity contribution in [2.75, 3.05) is 6.26 Å². The van der Waals surface area contributed by atoms with E-state index in [-0.39, 0.29) is 12.1 Å². The average molecular weight is 210 g/mol. The Morgan fingerprint density at radius 1 is 1.29 bits per heavy atom. The summed E-state index contributed by atoms with van der Waals surface area (Å²) in [6.07, 6.45) is 1.93. The van der Waals surface area contributed by atoms with E-state index in [0.717, 1.165) is 4.90 Å². The number of thioether (sulfide) groups is 1. The molecule has 0 amide bonds. The zero-order chi connectivity index (χ0) is 10.6. The molecule has 0 aliphatic rings. The molecule has 3 heteroatoms. The maximum absolute atomic E-state index is 11.4. The van der Waals surface area contributed by atoms with E-state index in [4.69, 9.17) is 4.74 Å². The monoisotopic (exact) mass is 210 g/mol. The summed E-state index contributed by atoms with van der Waals surface area (Å²) in [5, 5.41) is 0. The summed E-state index contributed by atoms with van der Waals surface area (Å²) in [4.78, 5) is 12.6. The minimum absolute atomic E-state index is 0.0669. The summed E-state index contributed by atoms with van der Waals surface area (Å²) in [6.45, 7) is 3.68. The first kappa shape index (κ1) is 11.1. The van der Waals surface area contributed by atoms with Crippen LogP contribution in [-0.2, 0) is 4.74 Å². The van der Waals surface area contributed by atoms with Crippen LogP contribution in [0, 0.1) is 0 Å². The van der Waals surface area contributed by atoms with Crippen molar-refractivity contribution in [3.8, 4) is 0 Å². The number of hydrogen-bond acceptors (Lipinski definition) is 3. The highest BCUT2D eigenvalue weighted by Gasteiger charge is 2.07. The van der Waals surface area contributed by atoms with Crippen molar-refractivity contribution in [3.63, 3.8) is 0 Å². The van der Waals surface area contributed by atoms with E-state index in [1.807, 2.05) is 32.2 Å². The highest BCUT2D eigenvalue weighted by molar-refractivity contribution is 7.98. The predicted molar refractivity (Wildman–Crippen MR) is 58.8 cm³/mol. The number of carbonyl (C=O) groups is 1. The van der Waals surface area contributed by atoms with E-state index >= 15 is 0 Å². The largest absolute Gasteiger partial charge is 0.459 e. The standard InChI is InChI=1S/C11H14O2S/c1-8(2)13-11(12)9-4-6-10(14-3)7-5-9/h4-8H,1-3H3. The molecule has 0 atom stereocenters. The van der Waals surface area contributed by atoms with E-state index < -0.39 is 0 Å². The Bertz CT molecular complexity index is 304. The van der Waals surface area contributed by atoms with E-state index in [9.17, 15) is 4.79 Å². The van der Waals surface area contributed by atoms with Crippen molar-refractivity contribution < 1.29 is 9.53 Å². The Morgan fingerprint density at radius 2 is 1.86 bits per heavy atom. The lowest BCUT2D eigenvalue weighted by molar-refractivity contribution is 0.0378. The first-order valence-corrected chi connectivity index (χ1v) is 5.71. The first-order valence-electron chi connectivity index (χ1n) is 4.48. The molecule has 0 saturated heterocycles. The van der Waals surface area contributed by atoms with Crippen LogP contribution in [0.5, 0.6) is 0 Å². The molecule has 0 heterocycles. The molecule has 0 saturated carbocycles. The third-order valence-electron chi connectivity index (χ3n) is 1.67. The number of esters is 1. The normalized spacial score (nSPS) is 10.3. The summed E-state index contributed by atoms with van der Waals surface area (Å²) < 4.78 is 5.06. The molecule has 0 bridgehead atoms. The molecule has 0 unspecified atom stereocenters. The second-order valence-electron chi connectivity index (χ2n) is 3.18. The molecule has 0 aliphatic carbocycles. The molecular formula is C11H14O2S. The quantitative estimate of drug-likeness (QED) is 0.566. The van der Waals surface area contributed by atoms with Gasteiger partial charge in [-0.15, -0.1) is 11.8 Å². The highest BCUT2D eigenvalue weighted by atomic mass is 32.2. The fourth-order valence-corrected chi connectivity index (χ4v) is 1.42. The van der Waals surface area contributed by atoms with Crippen LogP contribution < -0.4 is 0 Å². The molecule has 0 spiro atoms. The number of rotatable bonds is 3. The van der Waals surface area contributed by atoms with Gasteiger partial charge in [0.25, 0.3) is 0 Å². The highest BCUT2D eigenvalue weighted by Crippen LogP contribution is 2.15. The second kappa shape index (κ2) is 5.05. The van der Waals surface area contributed by atoms with Gasteiger partial charge >= 0.3 is 5.97 Å². The Kier molecular flexibility index (Phi) is 4.01. The lowest BCUT2D eigenvalue weighted by Gasteiger charge is -2.07. The van der Waals surface area contributed by atoms with Gasteiger partial charge in [0, 0.05) is 4.90 Å². The maximum Gasteiger partial charge on any atom is 0.338 e. The van der Waals surface area contributed by atoms with Crippen LogP contribution in [0.3, 0.4) is 0 Å². The summed E-state index contributed by atoms with van der Waals surface area (Å²) >= 11 is 1.65. The van der Waals surface area contributed by atoms with Crippen molar-refractivity contribution >= 4 is 17.7 Å². The van der Waals surface area contributed by atoms with Crippen LogP contribution >= 0.6 is 11.8 Å². The third-order valence-corrected chi connectivity index (χ3v) is 2.41. The molecule has 1 rings (SSSR count). The van der Waals surface area contributed by atoms with Gasteiger partial charge in [-0.2, -0.15) is 0 Å². The molecule has 1 aromatic carbocycles. The van der Waals surface area contributed by atoms with Crippen molar-refractivity contribution in [2.24, 2.45) is 0 Å². The SMILES string of the molecule is CSc1ccc(C(=O)OC(C)C)cc1. The molecule has 0 aliphatic heterocycles. The molecule has 0 fully saturated rings. The number of hydrogen-bond donors (Lipinski definition) is 0. The van der Waals surface area contributed by atoms with E-state index in [0.29, 0.717) is 5.56 Å². The second-order valence-corrected chi connectivity index (χ2v) is 4.06. The molecule has 2 nitrogen and oxygen atoms in total. The van der Waals surface area contributed by atoms with Gasteiger partial charge in [-0.25, -0.2) is 4.79 Å². The molecule has 1 aromatic rings. The molecule has 0 radical (unpaired) electrons. The molecular weight excluding hydrogens is 196 g/mol. The number of carbonyl (C=O) groups excluding carboxylic acids is 1. The van der Waals surface area contributed by atoms with Crippen LogP contribution in [0.1, 0.15) is 24.2 Å². The number of benzene rings is 1. The Labute approximate surface area is 88.7 Å². The van der Waals surface area contributed by atoms with Gasteiger partial charge in [0.1, 0.15) is 0 Å². The minimum Gasteiger partial charge on any atom is -0.459 e. The van der Waals surface area contributed by atoms with Gasteiger partial charge < -0.3 is 4.74 Å². The summed E-state index contributed by atoms with van der Waals surface area (Å²) in [5.74, 6) is -0.257. The lowest BCUT2D eigenvalue weighted by atomic mass is 10.2. The van der Waals surface area contributed by atoms with Gasteiger partial charge in [0.05, 0.1) is 11.7 Å². The van der Waals surface area contributed by atoms with Crippen LogP contribution in [-0.4, -0.2) is 18.3 Å². The minimum atomic E-state index is -0.257. The summed E-state index contributed by atoms with van der Waals surface area (Å²) in [6, 6.07) is 7.41. The summed E-state index contributed by atoms with van der Waals surface area (Å²) in [7, 11) is 0. The molecule has 14 heavy (non-hydrogen) atoms. The van der Waals surface area contributed by atoms with E-state index in [1.54, 1.807) is 23.9 Å². The van der Waals surface area contributed by atoms with Gasteiger partial charge in [0.2, 0.25) is 0 Å². The molecule has 76 valence electrons. The van der Waals surface area contributed by atoms with Crippen molar-refractivity contribution in [2.45, 2.75) is 24.8 Å². The van der Waals surface area contributed by atoms with E-state index in [1.165, 1.54) is 0 Å². The van der Waals surface area contributed by atoms with Gasteiger partial charge in [-0.3, -0.25) is 0 Å². The zero-order valence-electron chi connectivity index (χ0n) is 8.61. The smallest absolute Gasteiger partial charge is 0.338 e. The van der Waals surface area contributed by atoms with Crippen molar-refractivity contribution in [3.05, 3.63) is 29.8 Å². The third kappa shape index (κ3) is 3.07.